The van der Waals surface area contributed by atoms with E-state index in [4.69, 9.17) is 0 Å². The van der Waals surface area contributed by atoms with Crippen molar-refractivity contribution >= 4 is 17.7 Å². The van der Waals surface area contributed by atoms with E-state index in [2.05, 4.69) is 76.9 Å². The van der Waals surface area contributed by atoms with Gasteiger partial charge in [0.25, 0.3) is 5.91 Å². The number of carbonyl (C=O) groups excluding carboxylic acids is 1. The van der Waals surface area contributed by atoms with Gasteiger partial charge in [-0.1, -0.05) is 42.0 Å². The van der Waals surface area contributed by atoms with E-state index in [1.165, 1.54) is 10.5 Å². The number of amides is 1. The van der Waals surface area contributed by atoms with Crippen LogP contribution in [-0.4, -0.2) is 32.2 Å². The largest absolute Gasteiger partial charge is 0.322 e. The van der Waals surface area contributed by atoms with Crippen molar-refractivity contribution in [3.05, 3.63) is 101 Å². The fourth-order valence-electron chi connectivity index (χ4n) is 4.11. The molecule has 6 heteroatoms. The summed E-state index contributed by atoms with van der Waals surface area (Å²) in [5.74, 6) is -0.0309. The quantitative estimate of drug-likeness (QED) is 0.443. The predicted molar refractivity (Wildman–Crippen MR) is 123 cm³/mol. The molecule has 1 aliphatic heterocycles. The van der Waals surface area contributed by atoms with Gasteiger partial charge >= 0.3 is 0 Å². The first-order chi connectivity index (χ1) is 15.2. The van der Waals surface area contributed by atoms with Gasteiger partial charge in [-0.25, -0.2) is 0 Å². The van der Waals surface area contributed by atoms with Gasteiger partial charge in [0.05, 0.1) is 11.7 Å². The zero-order valence-electron chi connectivity index (χ0n) is 17.4. The molecule has 0 aliphatic carbocycles. The molecule has 0 radical (unpaired) electrons. The maximum absolute atomic E-state index is 13.4. The van der Waals surface area contributed by atoms with Crippen LogP contribution in [0.25, 0.3) is 11.3 Å². The van der Waals surface area contributed by atoms with E-state index in [9.17, 15) is 4.79 Å². The molecule has 2 aromatic heterocycles. The Labute approximate surface area is 185 Å². The number of rotatable bonds is 5. The van der Waals surface area contributed by atoms with Gasteiger partial charge in [-0.05, 0) is 48.6 Å². The standard InChI is InChI=1S/C25H22N4OS/c1-16-3-5-18(6-4-16)22-21-23(28-27-22)25(30)29(15-17-11-13-26-14-12-17)24(21)19-7-9-20(31-2)10-8-19/h3-14,24H,15H2,1-2H3,(H,27,28). The van der Waals surface area contributed by atoms with Crippen LogP contribution < -0.4 is 0 Å². The summed E-state index contributed by atoms with van der Waals surface area (Å²) in [6.45, 7) is 2.57. The number of hydrogen-bond donors (Lipinski definition) is 1. The molecule has 1 atom stereocenters. The van der Waals surface area contributed by atoms with Gasteiger partial charge < -0.3 is 4.90 Å². The molecule has 0 saturated heterocycles. The molecule has 5 nitrogen and oxygen atoms in total. The number of H-pyrrole nitrogens is 1. The summed E-state index contributed by atoms with van der Waals surface area (Å²) in [7, 11) is 0. The first kappa shape index (κ1) is 19.6. The van der Waals surface area contributed by atoms with E-state index in [0.717, 1.165) is 27.9 Å². The van der Waals surface area contributed by atoms with Gasteiger partial charge in [-0.2, -0.15) is 5.10 Å². The molecule has 0 fully saturated rings. The number of nitrogens with zero attached hydrogens (tertiary/aromatic N) is 3. The Bertz CT molecular complexity index is 1220. The van der Waals surface area contributed by atoms with Crippen LogP contribution in [0.3, 0.4) is 0 Å². The maximum atomic E-state index is 13.4. The molecule has 3 heterocycles. The zero-order chi connectivity index (χ0) is 21.4. The molecule has 5 rings (SSSR count). The molecule has 1 aliphatic rings. The van der Waals surface area contributed by atoms with Crippen molar-refractivity contribution in [3.8, 4) is 11.3 Å². The van der Waals surface area contributed by atoms with E-state index in [-0.39, 0.29) is 11.9 Å². The molecule has 1 unspecified atom stereocenters. The van der Waals surface area contributed by atoms with Crippen LogP contribution in [0.15, 0.2) is 78.0 Å². The van der Waals surface area contributed by atoms with Crippen LogP contribution in [-0.2, 0) is 6.54 Å². The summed E-state index contributed by atoms with van der Waals surface area (Å²) in [6, 6.07) is 20.4. The minimum atomic E-state index is -0.207. The van der Waals surface area contributed by atoms with Crippen LogP contribution >= 0.6 is 11.8 Å². The molecule has 0 saturated carbocycles. The minimum Gasteiger partial charge on any atom is -0.322 e. The van der Waals surface area contributed by atoms with E-state index in [1.807, 2.05) is 17.0 Å². The summed E-state index contributed by atoms with van der Waals surface area (Å²) in [4.78, 5) is 20.7. The third kappa shape index (κ3) is 3.53. The number of aryl methyl sites for hydroxylation is 1. The van der Waals surface area contributed by atoms with Gasteiger partial charge in [0, 0.05) is 35.0 Å². The lowest BCUT2D eigenvalue weighted by Crippen LogP contribution is -2.29. The number of carbonyl (C=O) groups is 1. The lowest BCUT2D eigenvalue weighted by Gasteiger charge is -2.26. The van der Waals surface area contributed by atoms with Crippen LogP contribution in [0.2, 0.25) is 0 Å². The Kier molecular flexibility index (Phi) is 5.08. The van der Waals surface area contributed by atoms with Crippen molar-refractivity contribution < 1.29 is 4.79 Å². The summed E-state index contributed by atoms with van der Waals surface area (Å²) < 4.78 is 0. The first-order valence-corrected chi connectivity index (χ1v) is 11.4. The average molecular weight is 427 g/mol. The first-order valence-electron chi connectivity index (χ1n) is 10.1. The van der Waals surface area contributed by atoms with Crippen LogP contribution in [0.1, 0.15) is 38.8 Å². The second-order valence-electron chi connectivity index (χ2n) is 7.69. The number of aromatic nitrogens is 3. The number of fused-ring (bicyclic) bond motifs is 1. The van der Waals surface area contributed by atoms with Gasteiger partial charge in [0.2, 0.25) is 0 Å². The molecule has 2 aromatic carbocycles. The smallest absolute Gasteiger partial charge is 0.273 e. The van der Waals surface area contributed by atoms with Crippen LogP contribution in [0, 0.1) is 6.92 Å². The molecule has 0 spiro atoms. The molecule has 31 heavy (non-hydrogen) atoms. The lowest BCUT2D eigenvalue weighted by atomic mass is 9.95. The van der Waals surface area contributed by atoms with Crippen molar-refractivity contribution in [2.75, 3.05) is 6.26 Å². The number of nitrogens with one attached hydrogen (secondary N) is 1. The highest BCUT2D eigenvalue weighted by atomic mass is 32.2. The molecule has 154 valence electrons. The molecular weight excluding hydrogens is 404 g/mol. The lowest BCUT2D eigenvalue weighted by molar-refractivity contribution is 0.0730. The summed E-state index contributed by atoms with van der Waals surface area (Å²) in [6.07, 6.45) is 5.58. The third-order valence-corrected chi connectivity index (χ3v) is 6.47. The minimum absolute atomic E-state index is 0.0309. The van der Waals surface area contributed by atoms with Gasteiger partial charge in [-0.15, -0.1) is 11.8 Å². The molecule has 1 amide bonds. The number of pyridine rings is 1. The fraction of sp³-hybridized carbons (Fsp3) is 0.160. The normalized spacial score (nSPS) is 15.4. The topological polar surface area (TPSA) is 61.9 Å². The zero-order valence-corrected chi connectivity index (χ0v) is 18.2. The van der Waals surface area contributed by atoms with E-state index in [0.29, 0.717) is 12.2 Å². The summed E-state index contributed by atoms with van der Waals surface area (Å²) in [5.41, 5.74) is 6.67. The number of benzene rings is 2. The average Bonchev–Trinajstić information content (AvgIpc) is 3.35. The monoisotopic (exact) mass is 426 g/mol. The molecule has 0 bridgehead atoms. The van der Waals surface area contributed by atoms with E-state index >= 15 is 0 Å². The summed E-state index contributed by atoms with van der Waals surface area (Å²) in [5, 5.41) is 7.58. The van der Waals surface area contributed by atoms with Crippen LogP contribution in [0.5, 0.6) is 0 Å². The van der Waals surface area contributed by atoms with Gasteiger partial charge in [0.15, 0.2) is 0 Å². The van der Waals surface area contributed by atoms with Crippen LogP contribution in [0.4, 0.5) is 0 Å². The van der Waals surface area contributed by atoms with Crippen molar-refractivity contribution in [3.63, 3.8) is 0 Å². The highest BCUT2D eigenvalue weighted by Gasteiger charge is 2.42. The van der Waals surface area contributed by atoms with Gasteiger partial charge in [-0.3, -0.25) is 14.9 Å². The Morgan fingerprint density at radius 2 is 1.71 bits per heavy atom. The Hall–Kier alpha value is -3.38. The van der Waals surface area contributed by atoms with Crippen molar-refractivity contribution in [1.29, 1.82) is 0 Å². The predicted octanol–water partition coefficient (Wildman–Crippen LogP) is 5.25. The highest BCUT2D eigenvalue weighted by Crippen LogP contribution is 2.43. The maximum Gasteiger partial charge on any atom is 0.273 e. The molecule has 1 N–H and O–H groups in total. The van der Waals surface area contributed by atoms with Crippen molar-refractivity contribution in [2.24, 2.45) is 0 Å². The van der Waals surface area contributed by atoms with Gasteiger partial charge in [0.1, 0.15) is 5.69 Å². The summed E-state index contributed by atoms with van der Waals surface area (Å²) >= 11 is 1.71. The van der Waals surface area contributed by atoms with Crippen molar-refractivity contribution in [2.45, 2.75) is 24.4 Å². The van der Waals surface area contributed by atoms with E-state index in [1.54, 1.807) is 24.2 Å². The number of thioether (sulfide) groups is 1. The highest BCUT2D eigenvalue weighted by molar-refractivity contribution is 7.98. The Morgan fingerprint density at radius 1 is 1.00 bits per heavy atom. The SMILES string of the molecule is CSc1ccc(C2c3c(-c4ccc(C)cc4)n[nH]c3C(=O)N2Cc2ccncc2)cc1. The number of hydrogen-bond acceptors (Lipinski definition) is 4. The third-order valence-electron chi connectivity index (χ3n) is 5.72. The second-order valence-corrected chi connectivity index (χ2v) is 8.57. The molecule has 4 aromatic rings. The molecular formula is C25H22N4OS. The number of aromatic amines is 1. The Balaban J connectivity index is 1.63. The Morgan fingerprint density at radius 3 is 2.39 bits per heavy atom. The van der Waals surface area contributed by atoms with E-state index < -0.39 is 0 Å². The fourth-order valence-corrected chi connectivity index (χ4v) is 4.52. The second kappa shape index (κ2) is 8.04. The van der Waals surface area contributed by atoms with Crippen molar-refractivity contribution in [1.82, 2.24) is 20.1 Å².